The fourth-order valence-electron chi connectivity index (χ4n) is 1.92. The molecule has 0 aliphatic heterocycles. The number of pyridine rings is 1. The Bertz CT molecular complexity index is 699. The zero-order chi connectivity index (χ0) is 18.4. The van der Waals surface area contributed by atoms with Crippen LogP contribution < -0.4 is 15.8 Å². The first-order valence-corrected chi connectivity index (χ1v) is 7.60. The first-order valence-electron chi connectivity index (χ1n) is 7.60. The number of carbonyl (C=O) groups excluding carboxylic acids is 1. The van der Waals surface area contributed by atoms with E-state index in [4.69, 9.17) is 10.5 Å². The minimum absolute atomic E-state index is 0.00677. The van der Waals surface area contributed by atoms with Crippen molar-refractivity contribution < 1.29 is 22.7 Å². The normalized spacial score (nSPS) is 12.5. The van der Waals surface area contributed by atoms with E-state index < -0.39 is 11.7 Å². The Hall–Kier alpha value is -2.61. The maximum atomic E-state index is 12.5. The van der Waals surface area contributed by atoms with Crippen molar-refractivity contribution in [2.45, 2.75) is 25.6 Å². The number of nitrogens with two attached hydrogens (primary N) is 1. The number of rotatable bonds is 6. The molecule has 5 nitrogen and oxygen atoms in total. The Balaban J connectivity index is 1.95. The molecule has 0 saturated carbocycles. The maximum absolute atomic E-state index is 12.5. The Labute approximate surface area is 143 Å². The van der Waals surface area contributed by atoms with Gasteiger partial charge in [0.05, 0.1) is 5.56 Å². The molecule has 1 heterocycles. The number of hydrogen-bond acceptors (Lipinski definition) is 4. The largest absolute Gasteiger partial charge is 0.439 e. The molecule has 1 aromatic carbocycles. The minimum atomic E-state index is -4.44. The van der Waals surface area contributed by atoms with Gasteiger partial charge in [-0.3, -0.25) is 4.79 Å². The van der Waals surface area contributed by atoms with Crippen LogP contribution in [0.4, 0.5) is 13.2 Å². The van der Waals surface area contributed by atoms with Gasteiger partial charge < -0.3 is 15.8 Å². The molecule has 0 spiro atoms. The predicted octanol–water partition coefficient (Wildman–Crippen LogP) is 3.36. The molecule has 2 rings (SSSR count). The molecule has 2 aromatic rings. The van der Waals surface area contributed by atoms with E-state index in [0.717, 1.165) is 12.1 Å². The molecule has 0 fully saturated rings. The number of halogens is 3. The molecule has 8 heteroatoms. The Morgan fingerprint density at radius 3 is 2.44 bits per heavy atom. The van der Waals surface area contributed by atoms with Crippen LogP contribution in [-0.4, -0.2) is 23.5 Å². The summed E-state index contributed by atoms with van der Waals surface area (Å²) in [5, 5.41) is 2.74. The lowest BCUT2D eigenvalue weighted by Crippen LogP contribution is -2.28. The first-order chi connectivity index (χ1) is 11.8. The Morgan fingerprint density at radius 1 is 1.24 bits per heavy atom. The lowest BCUT2D eigenvalue weighted by atomic mass is 10.2. The zero-order valence-corrected chi connectivity index (χ0v) is 13.5. The van der Waals surface area contributed by atoms with Crippen LogP contribution in [0.3, 0.4) is 0 Å². The fourth-order valence-corrected chi connectivity index (χ4v) is 1.92. The van der Waals surface area contributed by atoms with Crippen LogP contribution in [0.25, 0.3) is 0 Å². The molecular weight excluding hydrogens is 335 g/mol. The number of ether oxygens (including phenoxy) is 1. The number of nitrogens with zero attached hydrogens (tertiary/aromatic N) is 1. The third-order valence-corrected chi connectivity index (χ3v) is 3.29. The number of aromatic nitrogens is 1. The summed E-state index contributed by atoms with van der Waals surface area (Å²) in [5.74, 6) is 0.154. The summed E-state index contributed by atoms with van der Waals surface area (Å²) in [7, 11) is 0. The third-order valence-electron chi connectivity index (χ3n) is 3.29. The third kappa shape index (κ3) is 5.75. The quantitative estimate of drug-likeness (QED) is 0.835. The molecule has 0 bridgehead atoms. The van der Waals surface area contributed by atoms with Crippen LogP contribution in [0, 0.1) is 0 Å². The number of amides is 1. The van der Waals surface area contributed by atoms with E-state index in [2.05, 4.69) is 10.3 Å². The highest BCUT2D eigenvalue weighted by molar-refractivity contribution is 5.94. The molecule has 0 saturated heterocycles. The summed E-state index contributed by atoms with van der Waals surface area (Å²) in [5.41, 5.74) is 5.20. The standard InChI is InChI=1S/C17H18F3N3O2/c1-11(21)8-9-22-16(24)12-2-5-14(6-3-12)25-15-7-4-13(10-23-15)17(18,19)20/h2-7,10-11H,8-9,21H2,1H3,(H,22,24). The topological polar surface area (TPSA) is 77.2 Å². The molecule has 0 aliphatic carbocycles. The van der Waals surface area contributed by atoms with E-state index in [-0.39, 0.29) is 17.8 Å². The lowest BCUT2D eigenvalue weighted by Gasteiger charge is -2.09. The van der Waals surface area contributed by atoms with Gasteiger partial charge in [-0.25, -0.2) is 4.98 Å². The lowest BCUT2D eigenvalue weighted by molar-refractivity contribution is -0.137. The van der Waals surface area contributed by atoms with Gasteiger partial charge in [0, 0.05) is 30.4 Å². The van der Waals surface area contributed by atoms with Crippen LogP contribution in [0.15, 0.2) is 42.6 Å². The summed E-state index contributed by atoms with van der Waals surface area (Å²) >= 11 is 0. The van der Waals surface area contributed by atoms with Crippen molar-refractivity contribution in [1.82, 2.24) is 10.3 Å². The molecular formula is C17H18F3N3O2. The summed E-state index contributed by atoms with van der Waals surface area (Å²) in [6.07, 6.45) is -3.07. The minimum Gasteiger partial charge on any atom is -0.439 e. The van der Waals surface area contributed by atoms with E-state index in [1.807, 2.05) is 6.92 Å². The molecule has 1 amide bonds. The van der Waals surface area contributed by atoms with Crippen molar-refractivity contribution in [3.8, 4) is 11.6 Å². The summed E-state index contributed by atoms with van der Waals surface area (Å²) in [6, 6.07) is 8.23. The van der Waals surface area contributed by atoms with Gasteiger partial charge in [0.1, 0.15) is 5.75 Å². The molecule has 1 aromatic heterocycles. The number of carbonyl (C=O) groups is 1. The smallest absolute Gasteiger partial charge is 0.417 e. The molecule has 3 N–H and O–H groups in total. The van der Waals surface area contributed by atoms with E-state index in [0.29, 0.717) is 30.5 Å². The van der Waals surface area contributed by atoms with E-state index in [1.54, 1.807) is 24.3 Å². The van der Waals surface area contributed by atoms with Crippen molar-refractivity contribution >= 4 is 5.91 Å². The molecule has 25 heavy (non-hydrogen) atoms. The van der Waals surface area contributed by atoms with E-state index in [1.165, 1.54) is 0 Å². The Kier molecular flexibility index (Phi) is 5.97. The van der Waals surface area contributed by atoms with Gasteiger partial charge in [0.2, 0.25) is 5.88 Å². The average molecular weight is 353 g/mol. The summed E-state index contributed by atoms with van der Waals surface area (Å²) in [6.45, 7) is 2.33. The van der Waals surface area contributed by atoms with Crippen molar-refractivity contribution in [3.63, 3.8) is 0 Å². The highest BCUT2D eigenvalue weighted by Gasteiger charge is 2.30. The molecule has 1 unspecified atom stereocenters. The Morgan fingerprint density at radius 2 is 1.92 bits per heavy atom. The highest BCUT2D eigenvalue weighted by Crippen LogP contribution is 2.30. The van der Waals surface area contributed by atoms with Crippen molar-refractivity contribution in [2.75, 3.05) is 6.54 Å². The molecule has 1 atom stereocenters. The summed E-state index contributed by atoms with van der Waals surface area (Å²) < 4.78 is 42.8. The molecule has 0 radical (unpaired) electrons. The number of benzene rings is 1. The SMILES string of the molecule is CC(N)CCNC(=O)c1ccc(Oc2ccc(C(F)(F)F)cn2)cc1. The number of hydrogen-bond donors (Lipinski definition) is 2. The van der Waals surface area contributed by atoms with Gasteiger partial charge >= 0.3 is 6.18 Å². The van der Waals surface area contributed by atoms with Crippen molar-refractivity contribution in [2.24, 2.45) is 5.73 Å². The van der Waals surface area contributed by atoms with Crippen molar-refractivity contribution in [1.29, 1.82) is 0 Å². The fraction of sp³-hybridized carbons (Fsp3) is 0.294. The van der Waals surface area contributed by atoms with Crippen molar-refractivity contribution in [3.05, 3.63) is 53.7 Å². The van der Waals surface area contributed by atoms with Gasteiger partial charge in [-0.1, -0.05) is 0 Å². The maximum Gasteiger partial charge on any atom is 0.417 e. The van der Waals surface area contributed by atoms with Gasteiger partial charge in [0.15, 0.2) is 0 Å². The zero-order valence-electron chi connectivity index (χ0n) is 13.5. The first kappa shape index (κ1) is 18.7. The van der Waals surface area contributed by atoms with Crippen LogP contribution >= 0.6 is 0 Å². The van der Waals surface area contributed by atoms with Gasteiger partial charge in [-0.05, 0) is 43.7 Å². The van der Waals surface area contributed by atoms with E-state index >= 15 is 0 Å². The van der Waals surface area contributed by atoms with Crippen LogP contribution in [0.2, 0.25) is 0 Å². The van der Waals surface area contributed by atoms with Gasteiger partial charge in [0.25, 0.3) is 5.91 Å². The molecule has 0 aliphatic rings. The second-order valence-electron chi connectivity index (χ2n) is 5.53. The second kappa shape index (κ2) is 7.98. The number of nitrogens with one attached hydrogen (secondary N) is 1. The van der Waals surface area contributed by atoms with Gasteiger partial charge in [-0.15, -0.1) is 0 Å². The average Bonchev–Trinajstić information content (AvgIpc) is 2.55. The second-order valence-corrected chi connectivity index (χ2v) is 5.53. The van der Waals surface area contributed by atoms with Crippen LogP contribution in [-0.2, 0) is 6.18 Å². The highest BCUT2D eigenvalue weighted by atomic mass is 19.4. The molecule has 134 valence electrons. The predicted molar refractivity (Wildman–Crippen MR) is 86.4 cm³/mol. The number of alkyl halides is 3. The van der Waals surface area contributed by atoms with Crippen LogP contribution in [0.5, 0.6) is 11.6 Å². The van der Waals surface area contributed by atoms with Gasteiger partial charge in [-0.2, -0.15) is 13.2 Å². The van der Waals surface area contributed by atoms with E-state index in [9.17, 15) is 18.0 Å². The monoisotopic (exact) mass is 353 g/mol. The summed E-state index contributed by atoms with van der Waals surface area (Å²) in [4.78, 5) is 15.5. The van der Waals surface area contributed by atoms with Crippen LogP contribution in [0.1, 0.15) is 29.3 Å².